The summed E-state index contributed by atoms with van der Waals surface area (Å²) in [6.07, 6.45) is -3.50. The SMILES string of the molecule is CN=C(NCCC(F)(F)F)NCc1cccnc1OC.I. The molecule has 21 heavy (non-hydrogen) atoms. The highest BCUT2D eigenvalue weighted by Crippen LogP contribution is 2.18. The number of methoxy groups -OCH3 is 1. The summed E-state index contributed by atoms with van der Waals surface area (Å²) in [5.74, 6) is 0.755. The summed E-state index contributed by atoms with van der Waals surface area (Å²) in [7, 11) is 2.99. The number of rotatable bonds is 5. The molecule has 0 aliphatic rings. The van der Waals surface area contributed by atoms with Crippen LogP contribution in [0.1, 0.15) is 12.0 Å². The van der Waals surface area contributed by atoms with Crippen LogP contribution in [0.25, 0.3) is 0 Å². The van der Waals surface area contributed by atoms with Gasteiger partial charge in [0.15, 0.2) is 5.96 Å². The van der Waals surface area contributed by atoms with E-state index in [1.54, 1.807) is 12.3 Å². The fourth-order valence-electron chi connectivity index (χ4n) is 1.46. The van der Waals surface area contributed by atoms with Crippen molar-refractivity contribution in [2.24, 2.45) is 4.99 Å². The molecule has 0 amide bonds. The van der Waals surface area contributed by atoms with E-state index in [0.717, 1.165) is 5.56 Å². The van der Waals surface area contributed by atoms with E-state index in [4.69, 9.17) is 4.74 Å². The van der Waals surface area contributed by atoms with Gasteiger partial charge in [0.2, 0.25) is 5.88 Å². The van der Waals surface area contributed by atoms with Gasteiger partial charge in [-0.1, -0.05) is 6.07 Å². The molecule has 0 radical (unpaired) electrons. The lowest BCUT2D eigenvalue weighted by Crippen LogP contribution is -2.38. The summed E-state index contributed by atoms with van der Waals surface area (Å²) in [5, 5.41) is 5.49. The first kappa shape index (κ1) is 19.7. The predicted octanol–water partition coefficient (Wildman–Crippen LogP) is 2.33. The molecule has 0 atom stereocenters. The molecule has 1 heterocycles. The van der Waals surface area contributed by atoms with Crippen LogP contribution in [-0.4, -0.2) is 37.8 Å². The van der Waals surface area contributed by atoms with E-state index in [0.29, 0.717) is 18.4 Å². The van der Waals surface area contributed by atoms with E-state index in [1.807, 2.05) is 6.07 Å². The van der Waals surface area contributed by atoms with Crippen molar-refractivity contribution in [3.63, 3.8) is 0 Å². The van der Waals surface area contributed by atoms with E-state index in [1.165, 1.54) is 14.2 Å². The van der Waals surface area contributed by atoms with E-state index in [2.05, 4.69) is 20.6 Å². The number of halogens is 4. The largest absolute Gasteiger partial charge is 0.481 e. The number of aliphatic imine (C=N–C) groups is 1. The molecule has 0 aliphatic carbocycles. The molecule has 1 rings (SSSR count). The Hall–Kier alpha value is -1.26. The number of pyridine rings is 1. The van der Waals surface area contributed by atoms with Crippen LogP contribution in [0, 0.1) is 0 Å². The van der Waals surface area contributed by atoms with Gasteiger partial charge in [-0.15, -0.1) is 24.0 Å². The van der Waals surface area contributed by atoms with Gasteiger partial charge in [-0.25, -0.2) is 4.98 Å². The number of alkyl halides is 3. The molecule has 0 bridgehead atoms. The molecule has 9 heteroatoms. The standard InChI is InChI=1S/C12H17F3N4O.HI/c1-16-11(18-7-5-12(13,14)15)19-8-9-4-3-6-17-10(9)20-2;/h3-4,6H,5,7-8H2,1-2H3,(H2,16,18,19);1H. The topological polar surface area (TPSA) is 58.5 Å². The number of aromatic nitrogens is 1. The van der Waals surface area contributed by atoms with Crippen molar-refractivity contribution in [1.82, 2.24) is 15.6 Å². The molecule has 0 aliphatic heterocycles. The summed E-state index contributed by atoms with van der Waals surface area (Å²) in [6.45, 7) is 0.121. The molecule has 120 valence electrons. The van der Waals surface area contributed by atoms with E-state index in [9.17, 15) is 13.2 Å². The van der Waals surface area contributed by atoms with Crippen molar-refractivity contribution in [3.8, 4) is 5.88 Å². The van der Waals surface area contributed by atoms with Gasteiger partial charge < -0.3 is 15.4 Å². The zero-order valence-corrected chi connectivity index (χ0v) is 14.0. The minimum Gasteiger partial charge on any atom is -0.481 e. The van der Waals surface area contributed by atoms with Gasteiger partial charge in [-0.05, 0) is 6.07 Å². The third-order valence-electron chi connectivity index (χ3n) is 2.41. The highest BCUT2D eigenvalue weighted by Gasteiger charge is 2.26. The molecular formula is C12H18F3IN4O. The number of hydrogen-bond acceptors (Lipinski definition) is 3. The molecule has 2 N–H and O–H groups in total. The van der Waals surface area contributed by atoms with Crippen molar-refractivity contribution >= 4 is 29.9 Å². The molecule has 0 unspecified atom stereocenters. The molecule has 5 nitrogen and oxygen atoms in total. The Kier molecular flexibility index (Phi) is 9.06. The molecule has 0 fully saturated rings. The minimum atomic E-state index is -4.18. The first-order valence-electron chi connectivity index (χ1n) is 5.95. The molecule has 0 saturated carbocycles. The number of nitrogens with one attached hydrogen (secondary N) is 2. The van der Waals surface area contributed by atoms with Crippen molar-refractivity contribution in [1.29, 1.82) is 0 Å². The Bertz CT molecular complexity index is 454. The summed E-state index contributed by atoms with van der Waals surface area (Å²) >= 11 is 0. The van der Waals surface area contributed by atoms with E-state index in [-0.39, 0.29) is 30.5 Å². The molecule has 1 aromatic rings. The van der Waals surface area contributed by atoms with Crippen LogP contribution in [-0.2, 0) is 6.54 Å². The van der Waals surface area contributed by atoms with Gasteiger partial charge in [0.25, 0.3) is 0 Å². The normalized spacial score (nSPS) is 11.6. The lowest BCUT2D eigenvalue weighted by molar-refractivity contribution is -0.132. The van der Waals surface area contributed by atoms with Crippen LogP contribution in [0.15, 0.2) is 23.3 Å². The second kappa shape index (κ2) is 9.64. The average molecular weight is 418 g/mol. The Morgan fingerprint density at radius 2 is 2.10 bits per heavy atom. The Morgan fingerprint density at radius 1 is 1.38 bits per heavy atom. The van der Waals surface area contributed by atoms with E-state index >= 15 is 0 Å². The lowest BCUT2D eigenvalue weighted by Gasteiger charge is -2.13. The second-order valence-corrected chi connectivity index (χ2v) is 3.89. The fraction of sp³-hybridized carbons (Fsp3) is 0.500. The molecule has 0 saturated heterocycles. The average Bonchev–Trinajstić information content (AvgIpc) is 2.41. The van der Waals surface area contributed by atoms with E-state index < -0.39 is 12.6 Å². The van der Waals surface area contributed by atoms with Gasteiger partial charge in [0, 0.05) is 31.9 Å². The van der Waals surface area contributed by atoms with Crippen molar-refractivity contribution in [2.45, 2.75) is 19.1 Å². The van der Waals surface area contributed by atoms with Crippen molar-refractivity contribution < 1.29 is 17.9 Å². The third-order valence-corrected chi connectivity index (χ3v) is 2.41. The minimum absolute atomic E-state index is 0. The van der Waals surface area contributed by atoms with Crippen LogP contribution in [0.4, 0.5) is 13.2 Å². The molecule has 0 spiro atoms. The molecule has 0 aromatic carbocycles. The smallest absolute Gasteiger partial charge is 0.390 e. The third kappa shape index (κ3) is 7.93. The van der Waals surface area contributed by atoms with Crippen LogP contribution < -0.4 is 15.4 Å². The van der Waals surface area contributed by atoms with Gasteiger partial charge >= 0.3 is 6.18 Å². The summed E-state index contributed by atoms with van der Waals surface area (Å²) in [4.78, 5) is 7.87. The monoisotopic (exact) mass is 418 g/mol. The Balaban J connectivity index is 0.00000400. The predicted molar refractivity (Wildman–Crippen MR) is 85.1 cm³/mol. The first-order valence-corrected chi connectivity index (χ1v) is 5.95. The maximum absolute atomic E-state index is 12.0. The second-order valence-electron chi connectivity index (χ2n) is 3.89. The Morgan fingerprint density at radius 3 is 2.67 bits per heavy atom. The number of guanidine groups is 1. The number of hydrogen-bond donors (Lipinski definition) is 2. The fourth-order valence-corrected chi connectivity index (χ4v) is 1.46. The first-order chi connectivity index (χ1) is 9.46. The lowest BCUT2D eigenvalue weighted by atomic mass is 10.2. The number of ether oxygens (including phenoxy) is 1. The highest BCUT2D eigenvalue weighted by molar-refractivity contribution is 14.0. The Labute approximate surface area is 138 Å². The number of nitrogens with zero attached hydrogens (tertiary/aromatic N) is 2. The van der Waals surface area contributed by atoms with Gasteiger partial charge in [-0.2, -0.15) is 13.2 Å². The van der Waals surface area contributed by atoms with Crippen LogP contribution in [0.2, 0.25) is 0 Å². The summed E-state index contributed by atoms with van der Waals surface area (Å²) in [5.41, 5.74) is 0.786. The maximum atomic E-state index is 12.0. The van der Waals surface area contributed by atoms with Crippen LogP contribution in [0.3, 0.4) is 0 Å². The van der Waals surface area contributed by atoms with Crippen LogP contribution >= 0.6 is 24.0 Å². The summed E-state index contributed by atoms with van der Waals surface area (Å²) in [6, 6.07) is 3.56. The van der Waals surface area contributed by atoms with Crippen LogP contribution in [0.5, 0.6) is 5.88 Å². The van der Waals surface area contributed by atoms with Gasteiger partial charge in [0.1, 0.15) is 0 Å². The van der Waals surface area contributed by atoms with Gasteiger partial charge in [-0.3, -0.25) is 4.99 Å². The molecular weight excluding hydrogens is 400 g/mol. The highest BCUT2D eigenvalue weighted by atomic mass is 127. The zero-order valence-electron chi connectivity index (χ0n) is 11.7. The maximum Gasteiger partial charge on any atom is 0.390 e. The zero-order chi connectivity index (χ0) is 15.0. The van der Waals surface area contributed by atoms with Gasteiger partial charge in [0.05, 0.1) is 13.5 Å². The van der Waals surface area contributed by atoms with Crippen molar-refractivity contribution in [3.05, 3.63) is 23.9 Å². The quantitative estimate of drug-likeness (QED) is 0.438. The van der Waals surface area contributed by atoms with Crippen molar-refractivity contribution in [2.75, 3.05) is 20.7 Å². The molecule has 1 aromatic heterocycles. The summed E-state index contributed by atoms with van der Waals surface area (Å²) < 4.78 is 41.2.